The summed E-state index contributed by atoms with van der Waals surface area (Å²) in [5.74, 6) is -1.62. The van der Waals surface area contributed by atoms with Crippen LogP contribution >= 0.6 is 0 Å². The van der Waals surface area contributed by atoms with Crippen molar-refractivity contribution in [2.24, 2.45) is 0 Å². The molecule has 0 aliphatic rings. The van der Waals surface area contributed by atoms with E-state index in [-0.39, 0.29) is 12.5 Å². The monoisotopic (exact) mass is 319 g/mol. The van der Waals surface area contributed by atoms with Crippen molar-refractivity contribution in [2.75, 3.05) is 18.5 Å². The molecule has 0 atom stereocenters. The van der Waals surface area contributed by atoms with Crippen LogP contribution in [0.15, 0.2) is 36.4 Å². The Hall–Kier alpha value is -2.63. The third-order valence-electron chi connectivity index (χ3n) is 2.84. The summed E-state index contributed by atoms with van der Waals surface area (Å²) in [6.45, 7) is 5.48. The van der Waals surface area contributed by atoms with Gasteiger partial charge in [-0.15, -0.1) is 0 Å². The van der Waals surface area contributed by atoms with Crippen molar-refractivity contribution in [3.05, 3.63) is 42.0 Å². The van der Waals surface area contributed by atoms with Gasteiger partial charge in [0.05, 0.1) is 6.61 Å². The summed E-state index contributed by atoms with van der Waals surface area (Å²) >= 11 is 0. The number of amides is 1. The normalized spacial score (nSPS) is 10.6. The first kappa shape index (κ1) is 18.4. The lowest BCUT2D eigenvalue weighted by Crippen LogP contribution is -2.21. The Morgan fingerprint density at radius 1 is 1.09 bits per heavy atom. The second-order valence-electron chi connectivity index (χ2n) is 4.98. The zero-order chi connectivity index (χ0) is 17.2. The summed E-state index contributed by atoms with van der Waals surface area (Å²) in [7, 11) is 0. The molecule has 0 spiro atoms. The second kappa shape index (κ2) is 9.40. The van der Waals surface area contributed by atoms with Crippen LogP contribution in [0.2, 0.25) is 0 Å². The Kier molecular flexibility index (Phi) is 7.53. The molecule has 0 saturated carbocycles. The van der Waals surface area contributed by atoms with Gasteiger partial charge in [0.1, 0.15) is 0 Å². The van der Waals surface area contributed by atoms with Gasteiger partial charge >= 0.3 is 11.9 Å². The fraction of sp³-hybridized carbons (Fsp3) is 0.353. The molecular weight excluding hydrogens is 298 g/mol. The first-order valence-corrected chi connectivity index (χ1v) is 7.34. The van der Waals surface area contributed by atoms with Crippen LogP contribution in [0.3, 0.4) is 0 Å². The largest absolute Gasteiger partial charge is 0.463 e. The molecule has 0 unspecified atom stereocenters. The van der Waals surface area contributed by atoms with Gasteiger partial charge in [-0.05, 0) is 24.5 Å². The molecule has 0 aliphatic heterocycles. The lowest BCUT2D eigenvalue weighted by molar-refractivity contribution is -0.143. The van der Waals surface area contributed by atoms with Crippen LogP contribution < -0.4 is 5.32 Å². The average Bonchev–Trinajstić information content (AvgIpc) is 2.51. The molecule has 1 aromatic rings. The van der Waals surface area contributed by atoms with Crippen molar-refractivity contribution >= 4 is 23.5 Å². The molecular formula is C17H21NO5. The maximum absolute atomic E-state index is 11.8. The quantitative estimate of drug-likeness (QED) is 0.616. The summed E-state index contributed by atoms with van der Waals surface area (Å²) < 4.78 is 9.38. The van der Waals surface area contributed by atoms with Gasteiger partial charge < -0.3 is 14.8 Å². The Morgan fingerprint density at radius 3 is 2.30 bits per heavy atom. The van der Waals surface area contributed by atoms with Crippen LogP contribution in [0, 0.1) is 0 Å². The van der Waals surface area contributed by atoms with Crippen LogP contribution in [0.4, 0.5) is 5.69 Å². The molecule has 0 aliphatic carbocycles. The zero-order valence-electron chi connectivity index (χ0n) is 13.5. The molecule has 6 heteroatoms. The minimum absolute atomic E-state index is 0.218. The molecule has 0 bridgehead atoms. The highest BCUT2D eigenvalue weighted by Crippen LogP contribution is 2.23. The Bertz CT molecular complexity index is 592. The van der Waals surface area contributed by atoms with Gasteiger partial charge in [0, 0.05) is 17.8 Å². The van der Waals surface area contributed by atoms with Crippen molar-refractivity contribution < 1.29 is 23.9 Å². The van der Waals surface area contributed by atoms with Gasteiger partial charge in [0.25, 0.3) is 5.91 Å². The maximum Gasteiger partial charge on any atom is 0.331 e. The van der Waals surface area contributed by atoms with Gasteiger partial charge in [-0.2, -0.15) is 0 Å². The van der Waals surface area contributed by atoms with Gasteiger partial charge in [0.2, 0.25) is 0 Å². The number of nitrogens with one attached hydrogen (secondary N) is 1. The predicted octanol–water partition coefficient (Wildman–Crippen LogP) is 2.41. The van der Waals surface area contributed by atoms with Crippen LogP contribution in [-0.4, -0.2) is 31.1 Å². The van der Waals surface area contributed by atoms with E-state index in [4.69, 9.17) is 4.74 Å². The third-order valence-corrected chi connectivity index (χ3v) is 2.84. The number of esters is 2. The lowest BCUT2D eigenvalue weighted by Gasteiger charge is -2.13. The average molecular weight is 319 g/mol. The molecule has 124 valence electrons. The van der Waals surface area contributed by atoms with Gasteiger partial charge in [-0.25, -0.2) is 9.59 Å². The van der Waals surface area contributed by atoms with Crippen LogP contribution in [0.1, 0.15) is 32.3 Å². The van der Waals surface area contributed by atoms with E-state index in [0.29, 0.717) is 5.69 Å². The van der Waals surface area contributed by atoms with Gasteiger partial charge in [-0.1, -0.05) is 32.0 Å². The molecule has 1 amide bonds. The number of carbonyl (C=O) groups excluding carboxylic acids is 3. The molecule has 0 radical (unpaired) electrons. The summed E-state index contributed by atoms with van der Waals surface area (Å²) in [5.41, 5.74) is 1.68. The van der Waals surface area contributed by atoms with Crippen molar-refractivity contribution in [2.45, 2.75) is 26.7 Å². The number of anilines is 1. The van der Waals surface area contributed by atoms with E-state index in [1.807, 2.05) is 32.0 Å². The van der Waals surface area contributed by atoms with E-state index >= 15 is 0 Å². The molecule has 0 saturated heterocycles. The molecule has 6 nitrogen and oxygen atoms in total. The molecule has 1 N–H and O–H groups in total. The molecule has 1 rings (SSSR count). The third kappa shape index (κ3) is 6.78. The summed E-state index contributed by atoms with van der Waals surface area (Å²) in [4.78, 5) is 34.2. The molecule has 23 heavy (non-hydrogen) atoms. The highest BCUT2D eigenvalue weighted by atomic mass is 16.5. The van der Waals surface area contributed by atoms with Crippen molar-refractivity contribution in [1.82, 2.24) is 0 Å². The number of carbonyl (C=O) groups is 3. The number of para-hydroxylation sites is 1. The highest BCUT2D eigenvalue weighted by Gasteiger charge is 2.10. The SMILES string of the molecule is CCOC(=O)/C=C/C(=O)OCC(=O)Nc1ccccc1C(C)C. The first-order chi connectivity index (χ1) is 10.9. The standard InChI is InChI=1S/C17H21NO5/c1-4-22-16(20)9-10-17(21)23-11-15(19)18-14-8-6-5-7-13(14)12(2)3/h5-10,12H,4,11H2,1-3H3,(H,18,19)/b10-9+. The maximum atomic E-state index is 11.8. The van der Waals surface area contributed by atoms with Crippen molar-refractivity contribution in [3.8, 4) is 0 Å². The number of rotatable bonds is 7. The van der Waals surface area contributed by atoms with E-state index < -0.39 is 24.5 Å². The number of benzene rings is 1. The predicted molar refractivity (Wildman–Crippen MR) is 85.9 cm³/mol. The minimum Gasteiger partial charge on any atom is -0.463 e. The fourth-order valence-electron chi connectivity index (χ4n) is 1.81. The van der Waals surface area contributed by atoms with E-state index in [1.165, 1.54) is 0 Å². The van der Waals surface area contributed by atoms with Crippen molar-refractivity contribution in [1.29, 1.82) is 0 Å². The van der Waals surface area contributed by atoms with Crippen LogP contribution in [0.5, 0.6) is 0 Å². The van der Waals surface area contributed by atoms with Gasteiger partial charge in [-0.3, -0.25) is 4.79 Å². The van der Waals surface area contributed by atoms with Gasteiger partial charge in [0.15, 0.2) is 6.61 Å². The van der Waals surface area contributed by atoms with Crippen LogP contribution in [0.25, 0.3) is 0 Å². The molecule has 0 fully saturated rings. The highest BCUT2D eigenvalue weighted by molar-refractivity contribution is 5.96. The zero-order valence-corrected chi connectivity index (χ0v) is 13.5. The van der Waals surface area contributed by atoms with E-state index in [2.05, 4.69) is 10.1 Å². The lowest BCUT2D eigenvalue weighted by atomic mass is 10.0. The van der Waals surface area contributed by atoms with E-state index in [0.717, 1.165) is 17.7 Å². The number of hydrogen-bond donors (Lipinski definition) is 1. The number of ether oxygens (including phenoxy) is 2. The van der Waals surface area contributed by atoms with Crippen molar-refractivity contribution in [3.63, 3.8) is 0 Å². The summed E-state index contributed by atoms with van der Waals surface area (Å²) in [6, 6.07) is 7.42. The van der Waals surface area contributed by atoms with E-state index in [1.54, 1.807) is 13.0 Å². The van der Waals surface area contributed by atoms with E-state index in [9.17, 15) is 14.4 Å². The van der Waals surface area contributed by atoms with Crippen LogP contribution in [-0.2, 0) is 23.9 Å². The summed E-state index contributed by atoms with van der Waals surface area (Å²) in [5, 5.41) is 2.70. The molecule has 1 aromatic carbocycles. The first-order valence-electron chi connectivity index (χ1n) is 7.34. The molecule has 0 aromatic heterocycles. The smallest absolute Gasteiger partial charge is 0.331 e. The Morgan fingerprint density at radius 2 is 1.70 bits per heavy atom. The molecule has 0 heterocycles. The fourth-order valence-corrected chi connectivity index (χ4v) is 1.81. The Labute approximate surface area is 135 Å². The summed E-state index contributed by atoms with van der Waals surface area (Å²) in [6.07, 6.45) is 1.88. The minimum atomic E-state index is -0.787. The second-order valence-corrected chi connectivity index (χ2v) is 4.98. The number of hydrogen-bond acceptors (Lipinski definition) is 5. The Balaban J connectivity index is 2.49. The topological polar surface area (TPSA) is 81.7 Å².